The van der Waals surface area contributed by atoms with Crippen molar-refractivity contribution in [3.63, 3.8) is 0 Å². The van der Waals surface area contributed by atoms with Gasteiger partial charge in [0.05, 0.1) is 0 Å². The fourth-order valence-corrected chi connectivity index (χ4v) is 1.01. The van der Waals surface area contributed by atoms with Gasteiger partial charge in [-0.2, -0.15) is 0 Å². The molecule has 1 aromatic rings. The van der Waals surface area contributed by atoms with E-state index in [1.807, 2.05) is 0 Å². The zero-order valence-corrected chi connectivity index (χ0v) is 7.31. The molecule has 0 spiro atoms. The quantitative estimate of drug-likeness (QED) is 0.308. The molecule has 0 aliphatic rings. The highest BCUT2D eigenvalue weighted by atomic mass is 16.4. The summed E-state index contributed by atoms with van der Waals surface area (Å²) in [4.78, 5) is 3.81. The Morgan fingerprint density at radius 1 is 1.46 bits per heavy atom. The minimum absolute atomic E-state index is 0.380. The number of nitrogen functional groups attached to an aromatic ring is 1. The summed E-state index contributed by atoms with van der Waals surface area (Å²) < 4.78 is 0. The van der Waals surface area contributed by atoms with E-state index in [4.69, 9.17) is 15.8 Å². The maximum absolute atomic E-state index is 8.84. The van der Waals surface area contributed by atoms with Crippen LogP contribution >= 0.6 is 0 Å². The maximum Gasteiger partial charge on any atom is 0.488 e. The van der Waals surface area contributed by atoms with E-state index in [-0.39, 0.29) is 0 Å². The van der Waals surface area contributed by atoms with Crippen LogP contribution < -0.4 is 11.2 Å². The lowest BCUT2D eigenvalue weighted by molar-refractivity contribution is 0.426. The summed E-state index contributed by atoms with van der Waals surface area (Å²) in [5.74, 6) is 0. The van der Waals surface area contributed by atoms with E-state index in [1.54, 1.807) is 25.4 Å². The van der Waals surface area contributed by atoms with Crippen LogP contribution in [-0.2, 0) is 0 Å². The third-order valence-corrected chi connectivity index (χ3v) is 1.68. The Labute approximate surface area is 76.9 Å². The van der Waals surface area contributed by atoms with Crippen molar-refractivity contribution in [2.24, 2.45) is 4.99 Å². The zero-order valence-electron chi connectivity index (χ0n) is 7.31. The number of nitrogens with zero attached hydrogens (tertiary/aromatic N) is 1. The molecule has 68 valence electrons. The van der Waals surface area contributed by atoms with Crippen molar-refractivity contribution < 1.29 is 10.0 Å². The second-order valence-corrected chi connectivity index (χ2v) is 2.65. The SMILES string of the molecule is CN=Cc1ccc(B(O)O)cc1N. The molecule has 0 radical (unpaired) electrons. The van der Waals surface area contributed by atoms with Crippen molar-refractivity contribution in [3.05, 3.63) is 23.8 Å². The average Bonchev–Trinajstić information content (AvgIpc) is 2.08. The van der Waals surface area contributed by atoms with Gasteiger partial charge in [-0.25, -0.2) is 0 Å². The predicted octanol–water partition coefficient (Wildman–Crippen LogP) is -1.00. The summed E-state index contributed by atoms with van der Waals surface area (Å²) in [5.41, 5.74) is 7.26. The Balaban J connectivity index is 3.05. The van der Waals surface area contributed by atoms with Crippen molar-refractivity contribution in [2.45, 2.75) is 0 Å². The first kappa shape index (κ1) is 9.76. The summed E-state index contributed by atoms with van der Waals surface area (Å²) in [6, 6.07) is 4.80. The molecule has 5 heteroatoms. The van der Waals surface area contributed by atoms with Crippen LogP contribution in [-0.4, -0.2) is 30.4 Å². The molecule has 4 nitrogen and oxygen atoms in total. The van der Waals surface area contributed by atoms with Gasteiger partial charge in [-0.05, 0) is 11.5 Å². The second kappa shape index (κ2) is 4.07. The molecular weight excluding hydrogens is 167 g/mol. The van der Waals surface area contributed by atoms with E-state index in [2.05, 4.69) is 4.99 Å². The lowest BCUT2D eigenvalue weighted by Crippen LogP contribution is -2.30. The van der Waals surface area contributed by atoms with Crippen molar-refractivity contribution in [3.8, 4) is 0 Å². The van der Waals surface area contributed by atoms with Crippen LogP contribution in [0.1, 0.15) is 5.56 Å². The molecule has 0 heterocycles. The van der Waals surface area contributed by atoms with Crippen molar-refractivity contribution in [1.82, 2.24) is 0 Å². The summed E-state index contributed by atoms with van der Waals surface area (Å²) in [6.45, 7) is 0. The second-order valence-electron chi connectivity index (χ2n) is 2.65. The maximum atomic E-state index is 8.84. The third-order valence-electron chi connectivity index (χ3n) is 1.68. The molecule has 0 fully saturated rings. The first-order valence-corrected chi connectivity index (χ1v) is 3.83. The van der Waals surface area contributed by atoms with Gasteiger partial charge in [0.25, 0.3) is 0 Å². The Morgan fingerprint density at radius 2 is 2.15 bits per heavy atom. The van der Waals surface area contributed by atoms with Gasteiger partial charge >= 0.3 is 7.12 Å². The highest BCUT2D eigenvalue weighted by Crippen LogP contribution is 2.06. The van der Waals surface area contributed by atoms with Crippen LogP contribution in [0.2, 0.25) is 0 Å². The largest absolute Gasteiger partial charge is 0.488 e. The number of hydrogen-bond donors (Lipinski definition) is 3. The number of benzene rings is 1. The Bertz CT molecular complexity index is 326. The summed E-state index contributed by atoms with van der Waals surface area (Å²) in [6.07, 6.45) is 1.61. The first-order chi connectivity index (χ1) is 6.15. The van der Waals surface area contributed by atoms with Gasteiger partial charge in [-0.15, -0.1) is 0 Å². The monoisotopic (exact) mass is 178 g/mol. The minimum atomic E-state index is -1.48. The van der Waals surface area contributed by atoms with Gasteiger partial charge < -0.3 is 15.8 Å². The van der Waals surface area contributed by atoms with Crippen molar-refractivity contribution in [1.29, 1.82) is 0 Å². The lowest BCUT2D eigenvalue weighted by atomic mass is 9.80. The van der Waals surface area contributed by atoms with Crippen LogP contribution in [0.4, 0.5) is 5.69 Å². The van der Waals surface area contributed by atoms with Gasteiger partial charge in [-0.1, -0.05) is 12.1 Å². The van der Waals surface area contributed by atoms with Crippen LogP contribution in [0.25, 0.3) is 0 Å². The summed E-state index contributed by atoms with van der Waals surface area (Å²) >= 11 is 0. The number of anilines is 1. The minimum Gasteiger partial charge on any atom is -0.423 e. The molecule has 0 aromatic heterocycles. The highest BCUT2D eigenvalue weighted by Gasteiger charge is 2.11. The number of aliphatic imine (C=N–C) groups is 1. The molecule has 0 bridgehead atoms. The number of hydrogen-bond acceptors (Lipinski definition) is 4. The molecule has 0 aliphatic heterocycles. The molecule has 0 atom stereocenters. The third kappa shape index (κ3) is 2.30. The highest BCUT2D eigenvalue weighted by molar-refractivity contribution is 6.58. The van der Waals surface area contributed by atoms with E-state index in [0.29, 0.717) is 11.2 Å². The van der Waals surface area contributed by atoms with Gasteiger partial charge in [-0.3, -0.25) is 4.99 Å². The molecule has 0 amide bonds. The van der Waals surface area contributed by atoms with E-state index in [0.717, 1.165) is 5.56 Å². The summed E-state index contributed by atoms with van der Waals surface area (Å²) in [5, 5.41) is 17.7. The molecule has 13 heavy (non-hydrogen) atoms. The smallest absolute Gasteiger partial charge is 0.423 e. The van der Waals surface area contributed by atoms with E-state index in [9.17, 15) is 0 Å². The average molecular weight is 178 g/mol. The van der Waals surface area contributed by atoms with E-state index in [1.165, 1.54) is 6.07 Å². The standard InChI is InChI=1S/C8H11BN2O2/c1-11-5-6-2-3-7(9(12)13)4-8(6)10/h2-5,12-13H,10H2,1H3. The molecule has 0 saturated heterocycles. The molecular formula is C8H11BN2O2. The van der Waals surface area contributed by atoms with Gasteiger partial charge in [0, 0.05) is 24.5 Å². The van der Waals surface area contributed by atoms with Crippen molar-refractivity contribution in [2.75, 3.05) is 12.8 Å². The predicted molar refractivity (Wildman–Crippen MR) is 54.2 cm³/mol. The van der Waals surface area contributed by atoms with Crippen LogP contribution in [0.15, 0.2) is 23.2 Å². The number of nitrogens with two attached hydrogens (primary N) is 1. The van der Waals surface area contributed by atoms with Crippen LogP contribution in [0.5, 0.6) is 0 Å². The van der Waals surface area contributed by atoms with E-state index >= 15 is 0 Å². The van der Waals surface area contributed by atoms with Crippen LogP contribution in [0, 0.1) is 0 Å². The molecule has 0 unspecified atom stereocenters. The molecule has 4 N–H and O–H groups in total. The normalized spacial score (nSPS) is 10.7. The molecule has 0 saturated carbocycles. The van der Waals surface area contributed by atoms with Gasteiger partial charge in [0.15, 0.2) is 0 Å². The topological polar surface area (TPSA) is 78.8 Å². The summed E-state index contributed by atoms with van der Waals surface area (Å²) in [7, 11) is 0.170. The Hall–Kier alpha value is -1.33. The fraction of sp³-hybridized carbons (Fsp3) is 0.125. The number of rotatable bonds is 2. The van der Waals surface area contributed by atoms with E-state index < -0.39 is 7.12 Å². The van der Waals surface area contributed by atoms with Crippen LogP contribution in [0.3, 0.4) is 0 Å². The van der Waals surface area contributed by atoms with Gasteiger partial charge in [0.1, 0.15) is 0 Å². The molecule has 1 aromatic carbocycles. The van der Waals surface area contributed by atoms with Gasteiger partial charge in [0.2, 0.25) is 0 Å². The fourth-order valence-electron chi connectivity index (χ4n) is 1.01. The molecule has 1 rings (SSSR count). The first-order valence-electron chi connectivity index (χ1n) is 3.83. The zero-order chi connectivity index (χ0) is 9.84. The molecule has 0 aliphatic carbocycles. The lowest BCUT2D eigenvalue weighted by Gasteiger charge is -2.03. The Kier molecular flexibility index (Phi) is 3.05. The van der Waals surface area contributed by atoms with Crippen molar-refractivity contribution >= 4 is 24.5 Å². The Morgan fingerprint density at radius 3 is 2.62 bits per heavy atom.